The summed E-state index contributed by atoms with van der Waals surface area (Å²) in [6.45, 7) is 4.01. The Bertz CT molecular complexity index is 1630. The van der Waals surface area contributed by atoms with E-state index in [0.717, 1.165) is 22.9 Å². The molecule has 0 atom stereocenters. The molecular formula is C26H26N6O4. The van der Waals surface area contributed by atoms with E-state index in [0.29, 0.717) is 40.6 Å². The van der Waals surface area contributed by atoms with Crippen molar-refractivity contribution in [2.45, 2.75) is 39.8 Å². The number of benzene rings is 2. The number of hydrogen-bond donors (Lipinski definition) is 1. The fraction of sp³-hybridized carbons (Fsp3) is 0.269. The summed E-state index contributed by atoms with van der Waals surface area (Å²) in [5, 5.41) is 7.65. The topological polar surface area (TPSA) is 117 Å². The monoisotopic (exact) mass is 486 g/mol. The van der Waals surface area contributed by atoms with Gasteiger partial charge in [0.2, 0.25) is 11.8 Å². The van der Waals surface area contributed by atoms with Crippen molar-refractivity contribution in [1.29, 1.82) is 0 Å². The molecule has 5 rings (SSSR count). The van der Waals surface area contributed by atoms with E-state index in [1.54, 1.807) is 23.8 Å². The lowest BCUT2D eigenvalue weighted by Crippen LogP contribution is -2.25. The summed E-state index contributed by atoms with van der Waals surface area (Å²) in [7, 11) is 1.54. The van der Waals surface area contributed by atoms with Gasteiger partial charge in [-0.05, 0) is 37.6 Å². The molecule has 0 aliphatic heterocycles. The van der Waals surface area contributed by atoms with Crippen LogP contribution in [0, 0.1) is 6.92 Å². The van der Waals surface area contributed by atoms with E-state index in [1.807, 2.05) is 44.2 Å². The number of methoxy groups -OCH3 is 1. The highest BCUT2D eigenvalue weighted by Gasteiger charge is 2.20. The minimum Gasteiger partial charge on any atom is -0.495 e. The lowest BCUT2D eigenvalue weighted by Gasteiger charge is -2.11. The quantitative estimate of drug-likeness (QED) is 0.355. The number of anilines is 1. The number of hydrogen-bond acceptors (Lipinski definition) is 7. The highest BCUT2D eigenvalue weighted by molar-refractivity contribution is 6.06. The number of amides is 1. The molecule has 10 nitrogen and oxygen atoms in total. The van der Waals surface area contributed by atoms with Crippen molar-refractivity contribution in [3.8, 4) is 5.75 Å². The number of nitrogens with zero attached hydrogens (tertiary/aromatic N) is 5. The van der Waals surface area contributed by atoms with E-state index in [2.05, 4.69) is 20.4 Å². The fourth-order valence-corrected chi connectivity index (χ4v) is 4.30. The standard InChI is InChI=1S/C26H26N6O4/c1-4-7-21-29-23(36-30-21)14-31-15-27-24-17-12-16(2)10-11-19(17)32(25(24)26(31)34)13-22(33)28-18-8-5-6-9-20(18)35-3/h5-6,8-12,15H,4,7,13-14H2,1-3H3,(H,28,33). The predicted molar refractivity (Wildman–Crippen MR) is 135 cm³/mol. The van der Waals surface area contributed by atoms with Gasteiger partial charge in [0, 0.05) is 11.8 Å². The van der Waals surface area contributed by atoms with Crippen LogP contribution >= 0.6 is 0 Å². The summed E-state index contributed by atoms with van der Waals surface area (Å²) >= 11 is 0. The number of para-hydroxylation sites is 2. The Morgan fingerprint density at radius 3 is 2.83 bits per heavy atom. The van der Waals surface area contributed by atoms with Gasteiger partial charge in [-0.25, -0.2) is 4.98 Å². The van der Waals surface area contributed by atoms with Gasteiger partial charge in [-0.2, -0.15) is 4.98 Å². The van der Waals surface area contributed by atoms with Crippen molar-refractivity contribution in [3.05, 3.63) is 76.4 Å². The SMILES string of the molecule is CCCc1noc(Cn2cnc3c4cc(C)ccc4n(CC(=O)Nc4ccccc4OC)c3c2=O)n1. The zero-order valence-electron chi connectivity index (χ0n) is 20.3. The molecule has 0 radical (unpaired) electrons. The van der Waals surface area contributed by atoms with Gasteiger partial charge in [-0.3, -0.25) is 14.2 Å². The molecule has 0 bridgehead atoms. The number of ether oxygens (including phenoxy) is 1. The van der Waals surface area contributed by atoms with Crippen LogP contribution in [-0.4, -0.2) is 37.3 Å². The van der Waals surface area contributed by atoms with Crippen LogP contribution in [0.4, 0.5) is 5.69 Å². The van der Waals surface area contributed by atoms with Crippen LogP contribution in [0.2, 0.25) is 0 Å². The molecule has 2 aromatic carbocycles. The van der Waals surface area contributed by atoms with Gasteiger partial charge >= 0.3 is 0 Å². The lowest BCUT2D eigenvalue weighted by atomic mass is 10.1. The Kier molecular flexibility index (Phi) is 6.24. The van der Waals surface area contributed by atoms with Crippen LogP contribution in [0.1, 0.15) is 30.6 Å². The maximum absolute atomic E-state index is 13.6. The second kappa shape index (κ2) is 9.65. The molecule has 0 fully saturated rings. The van der Waals surface area contributed by atoms with Crippen LogP contribution in [0.3, 0.4) is 0 Å². The molecule has 1 amide bonds. The first-order valence-electron chi connectivity index (χ1n) is 11.7. The zero-order chi connectivity index (χ0) is 25.2. The van der Waals surface area contributed by atoms with E-state index >= 15 is 0 Å². The largest absolute Gasteiger partial charge is 0.495 e. The molecule has 3 heterocycles. The third kappa shape index (κ3) is 4.33. The maximum Gasteiger partial charge on any atom is 0.278 e. The average Bonchev–Trinajstić information content (AvgIpc) is 3.43. The normalized spacial score (nSPS) is 11.3. The van der Waals surface area contributed by atoms with E-state index in [-0.39, 0.29) is 24.6 Å². The van der Waals surface area contributed by atoms with E-state index < -0.39 is 0 Å². The molecule has 36 heavy (non-hydrogen) atoms. The van der Waals surface area contributed by atoms with E-state index in [4.69, 9.17) is 9.26 Å². The van der Waals surface area contributed by atoms with Crippen molar-refractivity contribution in [2.75, 3.05) is 12.4 Å². The second-order valence-corrected chi connectivity index (χ2v) is 8.58. The predicted octanol–water partition coefficient (Wildman–Crippen LogP) is 3.69. The molecule has 10 heteroatoms. The van der Waals surface area contributed by atoms with Crippen LogP contribution in [0.15, 0.2) is 58.1 Å². The minimum atomic E-state index is -0.297. The highest BCUT2D eigenvalue weighted by Crippen LogP contribution is 2.27. The third-order valence-electron chi connectivity index (χ3n) is 5.95. The summed E-state index contributed by atoms with van der Waals surface area (Å²) in [6, 6.07) is 13.0. The van der Waals surface area contributed by atoms with Gasteiger partial charge in [0.25, 0.3) is 5.56 Å². The molecule has 1 N–H and O–H groups in total. The Hall–Kier alpha value is -4.47. The lowest BCUT2D eigenvalue weighted by molar-refractivity contribution is -0.116. The zero-order valence-corrected chi connectivity index (χ0v) is 20.3. The summed E-state index contributed by atoms with van der Waals surface area (Å²) in [5.41, 5.74) is 2.90. The van der Waals surface area contributed by atoms with Gasteiger partial charge in [-0.15, -0.1) is 0 Å². The number of nitrogens with one attached hydrogen (secondary N) is 1. The molecule has 184 valence electrons. The van der Waals surface area contributed by atoms with Crippen molar-refractivity contribution in [3.63, 3.8) is 0 Å². The Labute approximate surface area is 206 Å². The van der Waals surface area contributed by atoms with Gasteiger partial charge in [0.15, 0.2) is 5.82 Å². The van der Waals surface area contributed by atoms with Crippen LogP contribution in [0.25, 0.3) is 21.9 Å². The number of aryl methyl sites for hydroxylation is 2. The van der Waals surface area contributed by atoms with Crippen LogP contribution < -0.4 is 15.6 Å². The Morgan fingerprint density at radius 1 is 1.19 bits per heavy atom. The van der Waals surface area contributed by atoms with Crippen molar-refractivity contribution in [1.82, 2.24) is 24.3 Å². The fourth-order valence-electron chi connectivity index (χ4n) is 4.30. The number of rotatable bonds is 8. The number of carbonyl (C=O) groups is 1. The molecular weight excluding hydrogens is 460 g/mol. The van der Waals surface area contributed by atoms with Crippen LogP contribution in [-0.2, 0) is 24.3 Å². The highest BCUT2D eigenvalue weighted by atomic mass is 16.5. The minimum absolute atomic E-state index is 0.0801. The Balaban J connectivity index is 1.56. The third-order valence-corrected chi connectivity index (χ3v) is 5.95. The average molecular weight is 487 g/mol. The Morgan fingerprint density at radius 2 is 2.03 bits per heavy atom. The number of fused-ring (bicyclic) bond motifs is 3. The summed E-state index contributed by atoms with van der Waals surface area (Å²) in [4.78, 5) is 35.7. The first kappa shape index (κ1) is 23.3. The molecule has 0 spiro atoms. The molecule has 3 aromatic heterocycles. The van der Waals surface area contributed by atoms with E-state index in [9.17, 15) is 9.59 Å². The summed E-state index contributed by atoms with van der Waals surface area (Å²) in [5.74, 6) is 1.19. The van der Waals surface area contributed by atoms with Crippen molar-refractivity contribution >= 4 is 33.5 Å². The van der Waals surface area contributed by atoms with Gasteiger partial charge in [0.1, 0.15) is 29.9 Å². The van der Waals surface area contributed by atoms with E-state index in [1.165, 1.54) is 10.9 Å². The first-order chi connectivity index (χ1) is 17.5. The molecule has 5 aromatic rings. The molecule has 0 aliphatic carbocycles. The van der Waals surface area contributed by atoms with Crippen molar-refractivity contribution < 1.29 is 14.1 Å². The maximum atomic E-state index is 13.6. The summed E-state index contributed by atoms with van der Waals surface area (Å²) in [6.07, 6.45) is 3.07. The number of carbonyl (C=O) groups excluding carboxylic acids is 1. The van der Waals surface area contributed by atoms with Gasteiger partial charge in [-0.1, -0.05) is 35.8 Å². The van der Waals surface area contributed by atoms with Gasteiger partial charge in [0.05, 0.1) is 24.6 Å². The molecule has 0 saturated carbocycles. The van der Waals surface area contributed by atoms with Crippen LogP contribution in [0.5, 0.6) is 5.75 Å². The van der Waals surface area contributed by atoms with Gasteiger partial charge < -0.3 is 19.1 Å². The second-order valence-electron chi connectivity index (χ2n) is 8.58. The van der Waals surface area contributed by atoms with Crippen molar-refractivity contribution in [2.24, 2.45) is 0 Å². The number of aromatic nitrogens is 5. The summed E-state index contributed by atoms with van der Waals surface area (Å²) < 4.78 is 13.8. The molecule has 0 saturated heterocycles. The molecule has 0 unspecified atom stereocenters. The molecule has 0 aliphatic rings. The first-order valence-corrected chi connectivity index (χ1v) is 11.7. The smallest absolute Gasteiger partial charge is 0.278 e.